The number of carbonyl (C=O) groups excluding carboxylic acids is 2. The maximum atomic E-state index is 12.3. The summed E-state index contributed by atoms with van der Waals surface area (Å²) in [7, 11) is 3.55. The number of amides is 2. The second kappa shape index (κ2) is 5.49. The van der Waals surface area contributed by atoms with E-state index in [-0.39, 0.29) is 30.3 Å². The Kier molecular flexibility index (Phi) is 3.66. The predicted octanol–water partition coefficient (Wildman–Crippen LogP) is 1.10. The van der Waals surface area contributed by atoms with Crippen molar-refractivity contribution in [1.29, 1.82) is 0 Å². The van der Waals surface area contributed by atoms with Crippen molar-refractivity contribution in [2.24, 2.45) is 7.05 Å². The Balaban J connectivity index is 1.84. The normalized spacial score (nSPS) is 21.4. The lowest BCUT2D eigenvalue weighted by Crippen LogP contribution is -2.39. The van der Waals surface area contributed by atoms with Crippen LogP contribution in [-0.4, -0.2) is 44.6 Å². The molecule has 2 N–H and O–H groups in total. The number of halogens is 1. The van der Waals surface area contributed by atoms with E-state index in [1.165, 1.54) is 0 Å². The Morgan fingerprint density at radius 2 is 2.27 bits per heavy atom. The largest absolute Gasteiger partial charge is 0.356 e. The first-order chi connectivity index (χ1) is 10.5. The van der Waals surface area contributed by atoms with Crippen LogP contribution in [0, 0.1) is 0 Å². The molecule has 116 valence electrons. The summed E-state index contributed by atoms with van der Waals surface area (Å²) in [5, 5.41) is 7.51. The second-order valence-corrected chi connectivity index (χ2v) is 5.78. The summed E-state index contributed by atoms with van der Waals surface area (Å²) in [6.45, 7) is 0. The summed E-state index contributed by atoms with van der Waals surface area (Å²) in [6, 6.07) is 2.85. The molecule has 1 saturated heterocycles. The Hall–Kier alpha value is -2.28. The first-order valence-electron chi connectivity index (χ1n) is 6.85. The molecule has 0 spiro atoms. The van der Waals surface area contributed by atoms with Gasteiger partial charge in [0.25, 0.3) is 5.91 Å². The van der Waals surface area contributed by atoms with Crippen molar-refractivity contribution < 1.29 is 9.59 Å². The van der Waals surface area contributed by atoms with Gasteiger partial charge in [-0.25, -0.2) is 0 Å². The number of likely N-dealkylation sites (N-methyl/N-ethyl adjacent to an activating group) is 1. The number of rotatable bonds is 3. The average Bonchev–Trinajstić information content (AvgIpc) is 3.13. The topological polar surface area (TPSA) is 83.0 Å². The lowest BCUT2D eigenvalue weighted by atomic mass is 10.1. The van der Waals surface area contributed by atoms with Crippen molar-refractivity contribution in [2.45, 2.75) is 18.5 Å². The maximum Gasteiger partial charge on any atom is 0.268 e. The van der Waals surface area contributed by atoms with Gasteiger partial charge in [0, 0.05) is 32.9 Å². The van der Waals surface area contributed by atoms with E-state index in [9.17, 15) is 9.59 Å². The van der Waals surface area contributed by atoms with Crippen LogP contribution in [0.4, 0.5) is 0 Å². The van der Waals surface area contributed by atoms with E-state index in [0.29, 0.717) is 10.7 Å². The standard InChI is InChI=1S/C14H16ClN5O2/c1-19-12(21)6-9(13(19)11-3-4-17-20(11)2)18-14(22)10-5-8(15)7-16-10/h3-5,7,9,13,16H,6H2,1-2H3,(H,18,22)/t9-,13-/m1/s1. The lowest BCUT2D eigenvalue weighted by Gasteiger charge is -2.25. The highest BCUT2D eigenvalue weighted by molar-refractivity contribution is 6.30. The molecule has 7 nitrogen and oxygen atoms in total. The molecule has 3 rings (SSSR count). The van der Waals surface area contributed by atoms with Gasteiger partial charge in [0.15, 0.2) is 0 Å². The first-order valence-corrected chi connectivity index (χ1v) is 7.23. The van der Waals surface area contributed by atoms with Gasteiger partial charge in [-0.2, -0.15) is 5.10 Å². The molecule has 0 saturated carbocycles. The molecule has 0 aromatic carbocycles. The van der Waals surface area contributed by atoms with E-state index in [4.69, 9.17) is 11.6 Å². The van der Waals surface area contributed by atoms with Crippen LogP contribution in [0.3, 0.4) is 0 Å². The van der Waals surface area contributed by atoms with Crippen molar-refractivity contribution in [3.63, 3.8) is 0 Å². The maximum absolute atomic E-state index is 12.3. The third-order valence-electron chi connectivity index (χ3n) is 3.96. The summed E-state index contributed by atoms with van der Waals surface area (Å²) in [5.74, 6) is -0.298. The highest BCUT2D eigenvalue weighted by atomic mass is 35.5. The van der Waals surface area contributed by atoms with Crippen molar-refractivity contribution in [3.05, 3.63) is 40.9 Å². The number of hydrogen-bond donors (Lipinski definition) is 2. The molecular weight excluding hydrogens is 306 g/mol. The fourth-order valence-corrected chi connectivity index (χ4v) is 2.99. The second-order valence-electron chi connectivity index (χ2n) is 5.34. The highest BCUT2D eigenvalue weighted by Crippen LogP contribution is 2.31. The quantitative estimate of drug-likeness (QED) is 0.888. The van der Waals surface area contributed by atoms with E-state index in [0.717, 1.165) is 5.69 Å². The summed E-state index contributed by atoms with van der Waals surface area (Å²) in [4.78, 5) is 28.8. The molecule has 2 amide bonds. The summed E-state index contributed by atoms with van der Waals surface area (Å²) in [5.41, 5.74) is 1.25. The molecule has 0 unspecified atom stereocenters. The Labute approximate surface area is 132 Å². The molecular formula is C14H16ClN5O2. The number of aryl methyl sites for hydroxylation is 1. The van der Waals surface area contributed by atoms with Gasteiger partial charge in [-0.05, 0) is 12.1 Å². The molecule has 3 heterocycles. The molecule has 1 aliphatic rings. The molecule has 2 aromatic rings. The SMILES string of the molecule is CN1C(=O)C[C@@H](NC(=O)c2cc(Cl)c[nH]2)[C@@H]1c1ccnn1C. The van der Waals surface area contributed by atoms with E-state index >= 15 is 0 Å². The Bertz CT molecular complexity index is 722. The molecule has 0 radical (unpaired) electrons. The minimum Gasteiger partial charge on any atom is -0.356 e. The molecule has 2 aromatic heterocycles. The van der Waals surface area contributed by atoms with Crippen LogP contribution in [0.2, 0.25) is 5.02 Å². The zero-order valence-electron chi connectivity index (χ0n) is 12.2. The fraction of sp³-hybridized carbons (Fsp3) is 0.357. The van der Waals surface area contributed by atoms with Crippen LogP contribution >= 0.6 is 11.6 Å². The molecule has 2 atom stereocenters. The van der Waals surface area contributed by atoms with E-state index in [1.54, 1.807) is 35.1 Å². The summed E-state index contributed by atoms with van der Waals surface area (Å²) >= 11 is 5.81. The van der Waals surface area contributed by atoms with Gasteiger partial charge < -0.3 is 15.2 Å². The van der Waals surface area contributed by atoms with Gasteiger partial charge in [-0.15, -0.1) is 0 Å². The lowest BCUT2D eigenvalue weighted by molar-refractivity contribution is -0.127. The molecule has 0 aliphatic carbocycles. The molecule has 22 heavy (non-hydrogen) atoms. The number of hydrogen-bond acceptors (Lipinski definition) is 3. The van der Waals surface area contributed by atoms with Crippen LogP contribution in [0.1, 0.15) is 28.6 Å². The van der Waals surface area contributed by atoms with E-state index < -0.39 is 0 Å². The van der Waals surface area contributed by atoms with E-state index in [2.05, 4.69) is 15.4 Å². The minimum atomic E-state index is -0.317. The van der Waals surface area contributed by atoms with Gasteiger partial charge in [0.05, 0.1) is 22.8 Å². The molecule has 1 aliphatic heterocycles. The van der Waals surface area contributed by atoms with Crippen LogP contribution in [0.5, 0.6) is 0 Å². The Morgan fingerprint density at radius 1 is 1.50 bits per heavy atom. The highest BCUT2D eigenvalue weighted by Gasteiger charge is 2.40. The predicted molar refractivity (Wildman–Crippen MR) is 80.4 cm³/mol. The van der Waals surface area contributed by atoms with Gasteiger partial charge in [-0.3, -0.25) is 14.3 Å². The van der Waals surface area contributed by atoms with Gasteiger partial charge in [0.1, 0.15) is 5.69 Å². The third-order valence-corrected chi connectivity index (χ3v) is 4.18. The van der Waals surface area contributed by atoms with Crippen molar-refractivity contribution >= 4 is 23.4 Å². The van der Waals surface area contributed by atoms with Crippen molar-refractivity contribution in [1.82, 2.24) is 25.0 Å². The zero-order valence-corrected chi connectivity index (χ0v) is 13.0. The number of H-pyrrole nitrogens is 1. The number of likely N-dealkylation sites (tertiary alicyclic amines) is 1. The Morgan fingerprint density at radius 3 is 2.86 bits per heavy atom. The number of aromatic nitrogens is 3. The minimum absolute atomic E-state index is 0.0129. The average molecular weight is 322 g/mol. The van der Waals surface area contributed by atoms with Crippen molar-refractivity contribution in [3.8, 4) is 0 Å². The fourth-order valence-electron chi connectivity index (χ4n) is 2.82. The number of aromatic amines is 1. The van der Waals surface area contributed by atoms with E-state index in [1.807, 2.05) is 13.1 Å². The number of carbonyl (C=O) groups is 2. The monoisotopic (exact) mass is 321 g/mol. The summed E-state index contributed by atoms with van der Waals surface area (Å²) in [6.07, 6.45) is 3.48. The van der Waals surface area contributed by atoms with Crippen LogP contribution in [0.15, 0.2) is 24.5 Å². The van der Waals surface area contributed by atoms with Crippen LogP contribution in [0.25, 0.3) is 0 Å². The van der Waals surface area contributed by atoms with Crippen LogP contribution in [-0.2, 0) is 11.8 Å². The number of nitrogens with zero attached hydrogens (tertiary/aromatic N) is 3. The summed E-state index contributed by atoms with van der Waals surface area (Å²) < 4.78 is 1.71. The molecule has 0 bridgehead atoms. The zero-order chi connectivity index (χ0) is 15.9. The van der Waals surface area contributed by atoms with Gasteiger partial charge in [-0.1, -0.05) is 11.6 Å². The van der Waals surface area contributed by atoms with Crippen LogP contribution < -0.4 is 5.32 Å². The molecule has 1 fully saturated rings. The molecule has 8 heteroatoms. The van der Waals surface area contributed by atoms with Gasteiger partial charge in [0.2, 0.25) is 5.91 Å². The smallest absolute Gasteiger partial charge is 0.268 e. The van der Waals surface area contributed by atoms with Crippen molar-refractivity contribution in [2.75, 3.05) is 7.05 Å². The van der Waals surface area contributed by atoms with Gasteiger partial charge >= 0.3 is 0 Å². The first kappa shape index (κ1) is 14.6. The third kappa shape index (κ3) is 2.48. The number of nitrogens with one attached hydrogen (secondary N) is 2.